The molecule has 1 heterocycles. The van der Waals surface area contributed by atoms with Crippen molar-refractivity contribution in [3.05, 3.63) is 36.0 Å². The Balaban J connectivity index is 1.88. The summed E-state index contributed by atoms with van der Waals surface area (Å²) < 4.78 is 6.52. The number of nitrogens with two attached hydrogens (primary N) is 1. The van der Waals surface area contributed by atoms with Gasteiger partial charge in [-0.3, -0.25) is 4.79 Å². The molecule has 0 aliphatic heterocycles. The minimum atomic E-state index is -0.456. The number of nitrogens with zero attached hydrogens (tertiary/aromatic N) is 2. The van der Waals surface area contributed by atoms with Crippen LogP contribution in [0.1, 0.15) is 24.2 Å². The highest BCUT2D eigenvalue weighted by atomic mass is 32.2. The van der Waals surface area contributed by atoms with Crippen LogP contribution in [0.4, 0.5) is 11.5 Å². The lowest BCUT2D eigenvalue weighted by molar-refractivity contribution is -0.114. The molecular formula is C16H20N4O3S. The number of amides is 1. The lowest BCUT2D eigenvalue weighted by atomic mass is 10.3. The first-order valence-corrected chi connectivity index (χ1v) is 8.48. The summed E-state index contributed by atoms with van der Waals surface area (Å²) in [6, 6.07) is 7.58. The Morgan fingerprint density at radius 1 is 1.33 bits per heavy atom. The highest BCUT2D eigenvalue weighted by Crippen LogP contribution is 2.21. The van der Waals surface area contributed by atoms with E-state index in [1.165, 1.54) is 13.1 Å². The van der Waals surface area contributed by atoms with Crippen molar-refractivity contribution in [1.82, 2.24) is 9.78 Å². The van der Waals surface area contributed by atoms with E-state index in [-0.39, 0.29) is 5.91 Å². The number of hydrogen-bond acceptors (Lipinski definition) is 6. The number of benzene rings is 1. The zero-order valence-electron chi connectivity index (χ0n) is 13.6. The van der Waals surface area contributed by atoms with Gasteiger partial charge in [0.2, 0.25) is 5.91 Å². The molecule has 8 heteroatoms. The van der Waals surface area contributed by atoms with Crippen LogP contribution in [-0.2, 0) is 16.1 Å². The van der Waals surface area contributed by atoms with Crippen molar-refractivity contribution in [3.8, 4) is 0 Å². The molecule has 0 radical (unpaired) electrons. The van der Waals surface area contributed by atoms with Crippen molar-refractivity contribution < 1.29 is 14.3 Å². The van der Waals surface area contributed by atoms with Gasteiger partial charge in [-0.15, -0.1) is 11.8 Å². The summed E-state index contributed by atoms with van der Waals surface area (Å²) in [5, 5.41) is 6.85. The maximum Gasteiger partial charge on any atom is 0.343 e. The topological polar surface area (TPSA) is 99.2 Å². The molecule has 0 saturated carbocycles. The molecular weight excluding hydrogens is 328 g/mol. The molecule has 0 saturated heterocycles. The number of aryl methyl sites for hydroxylation is 1. The summed E-state index contributed by atoms with van der Waals surface area (Å²) in [4.78, 5) is 23.7. The molecule has 0 atom stereocenters. The number of thioether (sulfide) groups is 1. The van der Waals surface area contributed by atoms with Crippen molar-refractivity contribution in [2.24, 2.45) is 0 Å². The lowest BCUT2D eigenvalue weighted by Crippen LogP contribution is -2.10. The van der Waals surface area contributed by atoms with E-state index in [1.807, 2.05) is 24.3 Å². The van der Waals surface area contributed by atoms with Crippen molar-refractivity contribution in [1.29, 1.82) is 0 Å². The van der Waals surface area contributed by atoms with Gasteiger partial charge in [0.25, 0.3) is 0 Å². The third-order valence-corrected chi connectivity index (χ3v) is 4.11. The van der Waals surface area contributed by atoms with E-state index in [2.05, 4.69) is 10.4 Å². The predicted molar refractivity (Wildman–Crippen MR) is 94.1 cm³/mol. The van der Waals surface area contributed by atoms with Crippen LogP contribution < -0.4 is 11.1 Å². The minimum Gasteiger partial charge on any atom is -0.462 e. The molecule has 3 N–H and O–H groups in total. The van der Waals surface area contributed by atoms with E-state index in [1.54, 1.807) is 23.4 Å². The standard InChI is InChI=1S/C16H20N4O3S/c1-3-23-16(22)14-10-18-20(15(14)17)8-9-24-13-6-4-12(5-7-13)19-11(2)21/h4-7,10H,3,8-9,17H2,1-2H3,(H,19,21). The number of anilines is 2. The van der Waals surface area contributed by atoms with Crippen LogP contribution in [-0.4, -0.2) is 34.0 Å². The number of aromatic nitrogens is 2. The molecule has 0 aliphatic carbocycles. The summed E-state index contributed by atoms with van der Waals surface area (Å²) in [6.07, 6.45) is 1.43. The summed E-state index contributed by atoms with van der Waals surface area (Å²) >= 11 is 1.63. The molecule has 2 aromatic rings. The Morgan fingerprint density at radius 2 is 2.04 bits per heavy atom. The van der Waals surface area contributed by atoms with Gasteiger partial charge in [0, 0.05) is 23.3 Å². The van der Waals surface area contributed by atoms with E-state index in [4.69, 9.17) is 10.5 Å². The zero-order chi connectivity index (χ0) is 17.5. The number of ether oxygens (including phenoxy) is 1. The maximum absolute atomic E-state index is 11.7. The Bertz CT molecular complexity index is 713. The van der Waals surface area contributed by atoms with Gasteiger partial charge in [0.15, 0.2) is 0 Å². The summed E-state index contributed by atoms with van der Waals surface area (Å²) in [5.41, 5.74) is 6.99. The molecule has 1 amide bonds. The van der Waals surface area contributed by atoms with Crippen molar-refractivity contribution >= 4 is 35.1 Å². The highest BCUT2D eigenvalue weighted by Gasteiger charge is 2.15. The van der Waals surface area contributed by atoms with Crippen LogP contribution in [0.2, 0.25) is 0 Å². The average molecular weight is 348 g/mol. The zero-order valence-corrected chi connectivity index (χ0v) is 14.4. The number of esters is 1. The average Bonchev–Trinajstić information content (AvgIpc) is 2.90. The molecule has 24 heavy (non-hydrogen) atoms. The summed E-state index contributed by atoms with van der Waals surface area (Å²) in [5.74, 6) is 0.507. The third kappa shape index (κ3) is 4.76. The fourth-order valence-corrected chi connectivity index (χ4v) is 2.86. The van der Waals surface area contributed by atoms with Gasteiger partial charge in [-0.25, -0.2) is 9.48 Å². The number of rotatable bonds is 7. The quantitative estimate of drug-likeness (QED) is 0.589. The van der Waals surface area contributed by atoms with Gasteiger partial charge in [0.05, 0.1) is 19.3 Å². The first-order valence-electron chi connectivity index (χ1n) is 7.50. The smallest absolute Gasteiger partial charge is 0.343 e. The van der Waals surface area contributed by atoms with E-state index in [0.717, 1.165) is 16.3 Å². The molecule has 128 valence electrons. The minimum absolute atomic E-state index is 0.0954. The molecule has 0 fully saturated rings. The fraction of sp³-hybridized carbons (Fsp3) is 0.312. The van der Waals surface area contributed by atoms with Crippen LogP contribution in [0.3, 0.4) is 0 Å². The second-order valence-electron chi connectivity index (χ2n) is 4.94. The Labute approximate surface area is 144 Å². The number of nitrogens with one attached hydrogen (secondary N) is 1. The number of carbonyl (C=O) groups is 2. The van der Waals surface area contributed by atoms with E-state index >= 15 is 0 Å². The SMILES string of the molecule is CCOC(=O)c1cnn(CCSc2ccc(NC(C)=O)cc2)c1N. The molecule has 0 spiro atoms. The van der Waals surface area contributed by atoms with E-state index in [0.29, 0.717) is 24.5 Å². The molecule has 1 aromatic carbocycles. The van der Waals surface area contributed by atoms with E-state index < -0.39 is 5.97 Å². The fourth-order valence-electron chi connectivity index (χ4n) is 2.03. The normalized spacial score (nSPS) is 10.4. The third-order valence-electron chi connectivity index (χ3n) is 3.12. The van der Waals surface area contributed by atoms with Gasteiger partial charge in [-0.1, -0.05) is 0 Å². The van der Waals surface area contributed by atoms with Gasteiger partial charge in [-0.05, 0) is 31.2 Å². The summed E-state index contributed by atoms with van der Waals surface area (Å²) in [6.45, 7) is 4.09. The number of nitrogen functional groups attached to an aromatic ring is 1. The van der Waals surface area contributed by atoms with Crippen molar-refractivity contribution in [2.45, 2.75) is 25.3 Å². The van der Waals surface area contributed by atoms with Crippen LogP contribution in [0.15, 0.2) is 35.4 Å². The van der Waals surface area contributed by atoms with Gasteiger partial charge in [0.1, 0.15) is 11.4 Å². The number of hydrogen-bond donors (Lipinski definition) is 2. The van der Waals surface area contributed by atoms with Crippen molar-refractivity contribution in [2.75, 3.05) is 23.4 Å². The lowest BCUT2D eigenvalue weighted by Gasteiger charge is -2.06. The molecule has 1 aromatic heterocycles. The molecule has 7 nitrogen and oxygen atoms in total. The van der Waals surface area contributed by atoms with Crippen molar-refractivity contribution in [3.63, 3.8) is 0 Å². The first kappa shape index (κ1) is 17.9. The van der Waals surface area contributed by atoms with Crippen LogP contribution >= 0.6 is 11.8 Å². The Morgan fingerprint density at radius 3 is 2.67 bits per heavy atom. The highest BCUT2D eigenvalue weighted by molar-refractivity contribution is 7.99. The Kier molecular flexibility index (Phi) is 6.25. The van der Waals surface area contributed by atoms with Crippen LogP contribution in [0.5, 0.6) is 0 Å². The molecule has 2 rings (SSSR count). The molecule has 0 aliphatic rings. The van der Waals surface area contributed by atoms with Crippen LogP contribution in [0, 0.1) is 0 Å². The predicted octanol–water partition coefficient (Wildman–Crippen LogP) is 2.39. The maximum atomic E-state index is 11.7. The van der Waals surface area contributed by atoms with Gasteiger partial charge < -0.3 is 15.8 Å². The molecule has 0 bridgehead atoms. The first-order chi connectivity index (χ1) is 11.5. The van der Waals surface area contributed by atoms with Gasteiger partial charge >= 0.3 is 5.97 Å². The summed E-state index contributed by atoms with van der Waals surface area (Å²) in [7, 11) is 0. The number of carbonyl (C=O) groups excluding carboxylic acids is 2. The van der Waals surface area contributed by atoms with Crippen LogP contribution in [0.25, 0.3) is 0 Å². The monoisotopic (exact) mass is 348 g/mol. The second-order valence-corrected chi connectivity index (χ2v) is 6.11. The van der Waals surface area contributed by atoms with E-state index in [9.17, 15) is 9.59 Å². The van der Waals surface area contributed by atoms with Gasteiger partial charge in [-0.2, -0.15) is 5.10 Å². The Hall–Kier alpha value is -2.48. The largest absolute Gasteiger partial charge is 0.462 e. The molecule has 0 unspecified atom stereocenters. The second kappa shape index (κ2) is 8.39.